The molecule has 2 heterocycles. The van der Waals surface area contributed by atoms with Gasteiger partial charge in [0.2, 0.25) is 0 Å². The summed E-state index contributed by atoms with van der Waals surface area (Å²) in [5.74, 6) is -1.13. The van der Waals surface area contributed by atoms with Gasteiger partial charge in [0.05, 0.1) is 17.0 Å². The highest BCUT2D eigenvalue weighted by Gasteiger charge is 2.14. The number of aromatic nitrogens is 1. The van der Waals surface area contributed by atoms with Crippen LogP contribution in [0.3, 0.4) is 0 Å². The second kappa shape index (κ2) is 5.94. The second-order valence-electron chi connectivity index (χ2n) is 3.80. The van der Waals surface area contributed by atoms with E-state index in [-0.39, 0.29) is 12.3 Å². The number of nitrogens with one attached hydrogen (secondary N) is 1. The van der Waals surface area contributed by atoms with E-state index in [4.69, 9.17) is 5.11 Å². The molecule has 0 unspecified atom stereocenters. The number of hydrogen-bond donors (Lipinski definition) is 2. The molecule has 0 spiro atoms. The number of aliphatic carboxylic acids is 1. The number of carbonyl (C=O) groups excluding carboxylic acids is 1. The molecule has 2 aromatic rings. The van der Waals surface area contributed by atoms with Gasteiger partial charge in [-0.05, 0) is 23.4 Å². The van der Waals surface area contributed by atoms with Crippen molar-refractivity contribution >= 4 is 39.7 Å². The average molecular weight is 296 g/mol. The van der Waals surface area contributed by atoms with Crippen LogP contribution < -0.4 is 5.32 Å². The quantitative estimate of drug-likeness (QED) is 0.889. The van der Waals surface area contributed by atoms with E-state index in [1.165, 1.54) is 22.7 Å². The highest BCUT2D eigenvalue weighted by atomic mass is 32.1. The van der Waals surface area contributed by atoms with Crippen LogP contribution in [0.1, 0.15) is 27.9 Å². The van der Waals surface area contributed by atoms with Crippen LogP contribution in [0.25, 0.3) is 0 Å². The number of carboxylic acid groups (broad SMARTS) is 1. The van der Waals surface area contributed by atoms with E-state index >= 15 is 0 Å². The largest absolute Gasteiger partial charge is 0.481 e. The van der Waals surface area contributed by atoms with E-state index < -0.39 is 5.97 Å². The van der Waals surface area contributed by atoms with Crippen LogP contribution >= 0.6 is 22.7 Å². The molecule has 5 nitrogen and oxygen atoms in total. The predicted molar refractivity (Wildman–Crippen MR) is 75.1 cm³/mol. The van der Waals surface area contributed by atoms with Gasteiger partial charge in [-0.15, -0.1) is 22.7 Å². The molecule has 0 atom stereocenters. The monoisotopic (exact) mass is 296 g/mol. The van der Waals surface area contributed by atoms with Gasteiger partial charge < -0.3 is 5.11 Å². The summed E-state index contributed by atoms with van der Waals surface area (Å²) in [6.07, 6.45) is 0.667. The number of thiophene rings is 1. The Morgan fingerprint density at radius 1 is 1.42 bits per heavy atom. The average Bonchev–Trinajstić information content (AvgIpc) is 2.96. The van der Waals surface area contributed by atoms with Crippen LogP contribution in [0, 0.1) is 0 Å². The lowest BCUT2D eigenvalue weighted by molar-refractivity contribution is -0.136. The summed E-state index contributed by atoms with van der Waals surface area (Å²) in [5.41, 5.74) is 1.46. The van der Waals surface area contributed by atoms with Gasteiger partial charge in [-0.3, -0.25) is 14.9 Å². The van der Waals surface area contributed by atoms with Gasteiger partial charge in [0.25, 0.3) is 5.91 Å². The zero-order chi connectivity index (χ0) is 13.8. The molecule has 0 bridgehead atoms. The van der Waals surface area contributed by atoms with Gasteiger partial charge >= 0.3 is 5.97 Å². The fourth-order valence-corrected chi connectivity index (χ4v) is 3.16. The molecule has 0 radical (unpaired) electrons. The topological polar surface area (TPSA) is 79.3 Å². The zero-order valence-electron chi connectivity index (χ0n) is 10.2. The number of anilines is 1. The van der Waals surface area contributed by atoms with Crippen LogP contribution in [-0.2, 0) is 17.6 Å². The Morgan fingerprint density at radius 2 is 2.21 bits per heavy atom. The SMILES string of the molecule is CCc1ccsc1C(=O)Nc1nc(CC(=O)O)cs1. The second-order valence-corrected chi connectivity index (χ2v) is 5.57. The Balaban J connectivity index is 2.07. The van der Waals surface area contributed by atoms with E-state index in [1.807, 2.05) is 18.4 Å². The third-order valence-corrected chi connectivity index (χ3v) is 4.20. The normalized spacial score (nSPS) is 10.4. The Kier molecular flexibility index (Phi) is 4.28. The lowest BCUT2D eigenvalue weighted by Gasteiger charge is -2.01. The number of amides is 1. The summed E-state index contributed by atoms with van der Waals surface area (Å²) in [6, 6.07) is 1.93. The third-order valence-electron chi connectivity index (χ3n) is 2.44. The summed E-state index contributed by atoms with van der Waals surface area (Å²) >= 11 is 2.62. The summed E-state index contributed by atoms with van der Waals surface area (Å²) in [5, 5.41) is 15.3. The predicted octanol–water partition coefficient (Wildman–Crippen LogP) is 2.65. The molecule has 0 saturated heterocycles. The summed E-state index contributed by atoms with van der Waals surface area (Å²) in [4.78, 5) is 27.3. The molecule has 0 aromatic carbocycles. The molecular formula is C12H12N2O3S2. The molecule has 2 N–H and O–H groups in total. The van der Waals surface area contributed by atoms with Gasteiger partial charge in [0, 0.05) is 5.38 Å². The number of thiazole rings is 1. The molecular weight excluding hydrogens is 284 g/mol. The van der Waals surface area contributed by atoms with Gasteiger partial charge in [0.15, 0.2) is 5.13 Å². The van der Waals surface area contributed by atoms with Gasteiger partial charge in [-0.25, -0.2) is 4.98 Å². The van der Waals surface area contributed by atoms with Crippen molar-refractivity contribution < 1.29 is 14.7 Å². The first-order chi connectivity index (χ1) is 9.10. The first-order valence-corrected chi connectivity index (χ1v) is 7.40. The molecule has 7 heteroatoms. The Labute approximate surface area is 117 Å². The minimum atomic E-state index is -0.935. The van der Waals surface area contributed by atoms with Gasteiger partial charge in [0.1, 0.15) is 0 Å². The maximum absolute atomic E-state index is 12.0. The molecule has 19 heavy (non-hydrogen) atoms. The summed E-state index contributed by atoms with van der Waals surface area (Å²) in [6.45, 7) is 1.99. The maximum Gasteiger partial charge on any atom is 0.309 e. The molecule has 0 fully saturated rings. The van der Waals surface area contributed by atoms with Gasteiger partial charge in [-0.1, -0.05) is 6.92 Å². The van der Waals surface area contributed by atoms with Gasteiger partial charge in [-0.2, -0.15) is 0 Å². The zero-order valence-corrected chi connectivity index (χ0v) is 11.8. The standard InChI is InChI=1S/C12H12N2O3S2/c1-2-7-3-4-18-10(7)11(17)14-12-13-8(6-19-12)5-9(15)16/h3-4,6H,2,5H2,1H3,(H,15,16)(H,13,14,17). The van der Waals surface area contributed by atoms with Crippen LogP contribution in [0.4, 0.5) is 5.13 Å². The molecule has 1 amide bonds. The Morgan fingerprint density at radius 3 is 2.89 bits per heavy atom. The van der Waals surface area contributed by atoms with Crippen molar-refractivity contribution in [2.24, 2.45) is 0 Å². The first kappa shape index (κ1) is 13.7. The highest BCUT2D eigenvalue weighted by Crippen LogP contribution is 2.21. The molecule has 0 aliphatic rings. The first-order valence-electron chi connectivity index (χ1n) is 5.64. The lowest BCUT2D eigenvalue weighted by Crippen LogP contribution is -2.12. The fourth-order valence-electron chi connectivity index (χ4n) is 1.57. The van der Waals surface area contributed by atoms with Crippen molar-refractivity contribution in [1.29, 1.82) is 0 Å². The van der Waals surface area contributed by atoms with Crippen molar-refractivity contribution in [2.75, 3.05) is 5.32 Å². The highest BCUT2D eigenvalue weighted by molar-refractivity contribution is 7.14. The molecule has 0 aliphatic heterocycles. The minimum absolute atomic E-state index is 0.133. The Bertz CT molecular complexity index is 604. The van der Waals surface area contributed by atoms with Crippen molar-refractivity contribution in [1.82, 2.24) is 4.98 Å². The maximum atomic E-state index is 12.0. The molecule has 0 saturated carbocycles. The number of rotatable bonds is 5. The molecule has 0 aliphatic carbocycles. The van der Waals surface area contributed by atoms with Crippen LogP contribution in [-0.4, -0.2) is 22.0 Å². The van der Waals surface area contributed by atoms with Crippen molar-refractivity contribution in [3.8, 4) is 0 Å². The van der Waals surface area contributed by atoms with E-state index in [0.717, 1.165) is 12.0 Å². The fraction of sp³-hybridized carbons (Fsp3) is 0.250. The smallest absolute Gasteiger partial charge is 0.309 e. The van der Waals surface area contributed by atoms with E-state index in [1.54, 1.807) is 5.38 Å². The molecule has 2 aromatic heterocycles. The number of carbonyl (C=O) groups is 2. The van der Waals surface area contributed by atoms with Crippen LogP contribution in [0.5, 0.6) is 0 Å². The van der Waals surface area contributed by atoms with Crippen LogP contribution in [0.2, 0.25) is 0 Å². The van der Waals surface area contributed by atoms with E-state index in [0.29, 0.717) is 15.7 Å². The number of aryl methyl sites for hydroxylation is 1. The third kappa shape index (κ3) is 3.39. The van der Waals surface area contributed by atoms with Crippen LogP contribution in [0.15, 0.2) is 16.8 Å². The van der Waals surface area contributed by atoms with E-state index in [9.17, 15) is 9.59 Å². The number of hydrogen-bond acceptors (Lipinski definition) is 5. The minimum Gasteiger partial charge on any atom is -0.481 e. The Hall–Kier alpha value is -1.73. The van der Waals surface area contributed by atoms with Crippen molar-refractivity contribution in [3.63, 3.8) is 0 Å². The lowest BCUT2D eigenvalue weighted by atomic mass is 10.2. The number of nitrogens with zero attached hydrogens (tertiary/aromatic N) is 1. The van der Waals surface area contributed by atoms with Crippen molar-refractivity contribution in [3.05, 3.63) is 33.0 Å². The number of carboxylic acids is 1. The van der Waals surface area contributed by atoms with Crippen molar-refractivity contribution in [2.45, 2.75) is 19.8 Å². The summed E-state index contributed by atoms with van der Waals surface area (Å²) < 4.78 is 0. The molecule has 100 valence electrons. The molecule has 2 rings (SSSR count). The summed E-state index contributed by atoms with van der Waals surface area (Å²) in [7, 11) is 0. The van der Waals surface area contributed by atoms with E-state index in [2.05, 4.69) is 10.3 Å².